The van der Waals surface area contributed by atoms with Crippen LogP contribution in [0.25, 0.3) is 0 Å². The van der Waals surface area contributed by atoms with Gasteiger partial charge in [0.2, 0.25) is 10.0 Å². The van der Waals surface area contributed by atoms with Gasteiger partial charge >= 0.3 is 0 Å². The van der Waals surface area contributed by atoms with Gasteiger partial charge in [0.1, 0.15) is 0 Å². The van der Waals surface area contributed by atoms with E-state index < -0.39 is 10.0 Å². The van der Waals surface area contributed by atoms with Crippen LogP contribution in [0.2, 0.25) is 0 Å². The Morgan fingerprint density at radius 3 is 2.40 bits per heavy atom. The molecule has 1 aromatic heterocycles. The fourth-order valence-corrected chi connectivity index (χ4v) is 4.64. The molecule has 1 aliphatic carbocycles. The van der Waals surface area contributed by atoms with Gasteiger partial charge < -0.3 is 0 Å². The van der Waals surface area contributed by atoms with Gasteiger partial charge in [0.25, 0.3) is 5.56 Å². The highest BCUT2D eigenvalue weighted by Crippen LogP contribution is 2.38. The van der Waals surface area contributed by atoms with E-state index in [4.69, 9.17) is 0 Å². The van der Waals surface area contributed by atoms with Crippen LogP contribution < -0.4 is 10.3 Å². The van der Waals surface area contributed by atoms with Crippen LogP contribution in [-0.2, 0) is 16.6 Å². The number of aryl methyl sites for hydroxylation is 3. The first kappa shape index (κ1) is 17.8. The number of nitrogens with zero attached hydrogens (tertiary/aromatic N) is 2. The fraction of sp³-hybridized carbons (Fsp3) is 0.444. The SMILES string of the molecule is Cc1cc(C)c(S(=O)(=O)NCCn2nc(C3CC3)ccc2=O)c(C)c1. The van der Waals surface area contributed by atoms with E-state index in [1.54, 1.807) is 19.9 Å². The van der Waals surface area contributed by atoms with Gasteiger partial charge in [0.15, 0.2) is 0 Å². The van der Waals surface area contributed by atoms with Crippen molar-refractivity contribution in [1.29, 1.82) is 0 Å². The molecule has 2 aromatic rings. The average Bonchev–Trinajstić information content (AvgIpc) is 3.32. The van der Waals surface area contributed by atoms with E-state index in [-0.39, 0.29) is 18.6 Å². The molecule has 1 heterocycles. The minimum Gasteiger partial charge on any atom is -0.268 e. The molecule has 0 atom stereocenters. The molecule has 7 heteroatoms. The predicted molar refractivity (Wildman–Crippen MR) is 96.3 cm³/mol. The number of aromatic nitrogens is 2. The lowest BCUT2D eigenvalue weighted by Crippen LogP contribution is -2.32. The minimum atomic E-state index is -3.63. The topological polar surface area (TPSA) is 81.1 Å². The van der Waals surface area contributed by atoms with Crippen molar-refractivity contribution in [2.24, 2.45) is 0 Å². The standard InChI is InChI=1S/C18H23N3O3S/c1-12-10-13(2)18(14(3)11-12)25(23,24)19-8-9-21-17(22)7-6-16(20-21)15-4-5-15/h6-7,10-11,15,19H,4-5,8-9H2,1-3H3. The van der Waals surface area contributed by atoms with Crippen molar-refractivity contribution in [3.05, 3.63) is 57.0 Å². The lowest BCUT2D eigenvalue weighted by molar-refractivity contribution is 0.540. The van der Waals surface area contributed by atoms with E-state index >= 15 is 0 Å². The van der Waals surface area contributed by atoms with E-state index in [0.29, 0.717) is 10.8 Å². The first-order valence-corrected chi connectivity index (χ1v) is 9.92. The summed E-state index contributed by atoms with van der Waals surface area (Å²) in [5, 5.41) is 4.34. The van der Waals surface area contributed by atoms with Crippen LogP contribution in [0.5, 0.6) is 0 Å². The summed E-state index contributed by atoms with van der Waals surface area (Å²) in [6, 6.07) is 6.97. The van der Waals surface area contributed by atoms with Crippen molar-refractivity contribution in [1.82, 2.24) is 14.5 Å². The van der Waals surface area contributed by atoms with E-state index in [9.17, 15) is 13.2 Å². The molecular formula is C18H23N3O3S. The average molecular weight is 361 g/mol. The number of sulfonamides is 1. The predicted octanol–water partition coefficient (Wildman–Crippen LogP) is 2.02. The van der Waals surface area contributed by atoms with E-state index in [1.807, 2.05) is 19.1 Å². The smallest absolute Gasteiger partial charge is 0.266 e. The largest absolute Gasteiger partial charge is 0.268 e. The highest BCUT2D eigenvalue weighted by atomic mass is 32.2. The van der Waals surface area contributed by atoms with Crippen molar-refractivity contribution in [2.75, 3.05) is 6.54 Å². The van der Waals surface area contributed by atoms with E-state index in [2.05, 4.69) is 9.82 Å². The molecule has 0 amide bonds. The molecule has 0 bridgehead atoms. The van der Waals surface area contributed by atoms with Gasteiger partial charge in [-0.1, -0.05) is 17.7 Å². The molecule has 1 N–H and O–H groups in total. The summed E-state index contributed by atoms with van der Waals surface area (Å²) in [6.45, 7) is 5.85. The van der Waals surface area contributed by atoms with E-state index in [0.717, 1.165) is 35.2 Å². The Morgan fingerprint density at radius 2 is 1.80 bits per heavy atom. The molecule has 1 aromatic carbocycles. The lowest BCUT2D eigenvalue weighted by Gasteiger charge is -2.13. The summed E-state index contributed by atoms with van der Waals surface area (Å²) in [6.07, 6.45) is 2.20. The number of hydrogen-bond acceptors (Lipinski definition) is 4. The molecule has 0 saturated heterocycles. The first-order valence-electron chi connectivity index (χ1n) is 8.43. The fourth-order valence-electron chi connectivity index (χ4n) is 3.17. The Bertz CT molecular complexity index is 937. The van der Waals surface area contributed by atoms with Gasteiger partial charge in [-0.15, -0.1) is 0 Å². The second kappa shape index (κ2) is 6.72. The van der Waals surface area contributed by atoms with Gasteiger partial charge in [-0.25, -0.2) is 17.8 Å². The Labute approximate surface area is 147 Å². The molecule has 0 aliphatic heterocycles. The molecule has 3 rings (SSSR count). The van der Waals surface area contributed by atoms with Crippen molar-refractivity contribution < 1.29 is 8.42 Å². The Balaban J connectivity index is 1.73. The number of nitrogens with one attached hydrogen (secondary N) is 1. The van der Waals surface area contributed by atoms with Crippen LogP contribution in [0, 0.1) is 20.8 Å². The number of benzene rings is 1. The molecule has 1 aliphatic rings. The van der Waals surface area contributed by atoms with Gasteiger partial charge in [0.05, 0.1) is 17.1 Å². The molecular weight excluding hydrogens is 338 g/mol. The maximum Gasteiger partial charge on any atom is 0.266 e. The zero-order chi connectivity index (χ0) is 18.2. The van der Waals surface area contributed by atoms with Crippen LogP contribution in [-0.4, -0.2) is 24.7 Å². The Kier molecular flexibility index (Phi) is 4.79. The molecule has 1 fully saturated rings. The number of hydrogen-bond donors (Lipinski definition) is 1. The van der Waals surface area contributed by atoms with Crippen molar-refractivity contribution in [3.63, 3.8) is 0 Å². The molecule has 134 valence electrons. The second-order valence-corrected chi connectivity index (χ2v) is 8.42. The summed E-state index contributed by atoms with van der Waals surface area (Å²) in [4.78, 5) is 12.2. The lowest BCUT2D eigenvalue weighted by atomic mass is 10.1. The van der Waals surface area contributed by atoms with Crippen LogP contribution in [0.3, 0.4) is 0 Å². The highest BCUT2D eigenvalue weighted by molar-refractivity contribution is 7.89. The quantitative estimate of drug-likeness (QED) is 0.853. The molecule has 6 nitrogen and oxygen atoms in total. The van der Waals surface area contributed by atoms with Crippen LogP contribution in [0.1, 0.15) is 41.1 Å². The molecule has 0 radical (unpaired) electrons. The van der Waals surface area contributed by atoms with Gasteiger partial charge in [-0.3, -0.25) is 4.79 Å². The zero-order valence-electron chi connectivity index (χ0n) is 14.7. The first-order chi connectivity index (χ1) is 11.8. The van der Waals surface area contributed by atoms with Gasteiger partial charge in [-0.05, 0) is 50.8 Å². The third kappa shape index (κ3) is 3.99. The van der Waals surface area contributed by atoms with Gasteiger partial charge in [0, 0.05) is 18.5 Å². The monoisotopic (exact) mass is 361 g/mol. The third-order valence-corrected chi connectivity index (χ3v) is 6.14. The van der Waals surface area contributed by atoms with Crippen LogP contribution in [0.15, 0.2) is 34.0 Å². The van der Waals surface area contributed by atoms with Crippen LogP contribution >= 0.6 is 0 Å². The summed E-state index contributed by atoms with van der Waals surface area (Å²) in [5.41, 5.74) is 3.16. The minimum absolute atomic E-state index is 0.121. The summed E-state index contributed by atoms with van der Waals surface area (Å²) < 4.78 is 29.2. The van der Waals surface area contributed by atoms with Crippen LogP contribution in [0.4, 0.5) is 0 Å². The third-order valence-electron chi connectivity index (χ3n) is 4.37. The van der Waals surface area contributed by atoms with Crippen molar-refractivity contribution >= 4 is 10.0 Å². The summed E-state index contributed by atoms with van der Waals surface area (Å²) in [5.74, 6) is 0.446. The molecule has 0 unspecified atom stereocenters. The number of rotatable bonds is 6. The summed E-state index contributed by atoms with van der Waals surface area (Å²) in [7, 11) is -3.63. The molecule has 25 heavy (non-hydrogen) atoms. The molecule has 0 spiro atoms. The zero-order valence-corrected chi connectivity index (χ0v) is 15.6. The normalized spacial score (nSPS) is 14.7. The van der Waals surface area contributed by atoms with Crippen molar-refractivity contribution in [2.45, 2.75) is 51.0 Å². The Morgan fingerprint density at radius 1 is 1.16 bits per heavy atom. The second-order valence-electron chi connectivity index (χ2n) is 6.72. The molecule has 1 saturated carbocycles. The summed E-state index contributed by atoms with van der Waals surface area (Å²) >= 11 is 0. The maximum absolute atomic E-state index is 12.6. The highest BCUT2D eigenvalue weighted by Gasteiger charge is 2.25. The maximum atomic E-state index is 12.6. The van der Waals surface area contributed by atoms with Crippen molar-refractivity contribution in [3.8, 4) is 0 Å². The Hall–Kier alpha value is -1.99. The van der Waals surface area contributed by atoms with Gasteiger partial charge in [-0.2, -0.15) is 5.10 Å². The van der Waals surface area contributed by atoms with E-state index in [1.165, 1.54) is 10.7 Å².